The van der Waals surface area contributed by atoms with Crippen LogP contribution in [0, 0.1) is 0 Å². The van der Waals surface area contributed by atoms with Crippen molar-refractivity contribution >= 4 is 17.3 Å². The molecule has 2 N–H and O–H groups in total. The Kier molecular flexibility index (Phi) is 7.17. The summed E-state index contributed by atoms with van der Waals surface area (Å²) in [7, 11) is 0. The number of aliphatic hydroxyl groups excluding tert-OH is 1. The second-order valence-corrected chi connectivity index (χ2v) is 4.14. The van der Waals surface area contributed by atoms with Gasteiger partial charge in [-0.1, -0.05) is 17.7 Å². The van der Waals surface area contributed by atoms with Crippen LogP contribution in [0.4, 0.5) is 5.69 Å². The number of nitrogens with zero attached hydrogens (tertiary/aromatic N) is 2. The third kappa shape index (κ3) is 5.02. The molecule has 0 unspecified atom stereocenters. The van der Waals surface area contributed by atoms with Gasteiger partial charge in [0.1, 0.15) is 5.02 Å². The first-order valence-corrected chi connectivity index (χ1v) is 6.37. The molecule has 1 heterocycles. The van der Waals surface area contributed by atoms with Crippen LogP contribution in [-0.2, 0) is 11.3 Å². The number of nitrogens with one attached hydrogen (secondary N) is 1. The summed E-state index contributed by atoms with van der Waals surface area (Å²) in [6.45, 7) is 5.37. The zero-order valence-electron chi connectivity index (χ0n) is 10.6. The quantitative estimate of drug-likeness (QED) is 0.521. The number of ether oxygens (including phenoxy) is 1. The van der Waals surface area contributed by atoms with E-state index in [4.69, 9.17) is 21.4 Å². The Morgan fingerprint density at radius 2 is 2.37 bits per heavy atom. The van der Waals surface area contributed by atoms with Crippen molar-refractivity contribution in [3.8, 4) is 0 Å². The monoisotopic (exact) mass is 287 g/mol. The fourth-order valence-electron chi connectivity index (χ4n) is 1.40. The molecule has 7 heteroatoms. The molecule has 1 aromatic heterocycles. The van der Waals surface area contributed by atoms with Gasteiger partial charge in [0, 0.05) is 13.2 Å². The zero-order chi connectivity index (χ0) is 14.1. The molecule has 0 aliphatic rings. The van der Waals surface area contributed by atoms with Gasteiger partial charge in [0.05, 0.1) is 31.6 Å². The highest BCUT2D eigenvalue weighted by Crippen LogP contribution is 2.14. The Balaban J connectivity index is 2.48. The van der Waals surface area contributed by atoms with Gasteiger partial charge in [0.25, 0.3) is 5.56 Å². The molecule has 19 heavy (non-hydrogen) atoms. The average Bonchev–Trinajstić information content (AvgIpc) is 2.41. The van der Waals surface area contributed by atoms with Gasteiger partial charge in [-0.25, -0.2) is 4.68 Å². The third-order valence-corrected chi connectivity index (χ3v) is 2.67. The molecule has 0 aromatic carbocycles. The molecule has 0 aliphatic carbocycles. The maximum Gasteiger partial charge on any atom is 0.287 e. The molecule has 1 rings (SSSR count). The van der Waals surface area contributed by atoms with E-state index >= 15 is 0 Å². The number of rotatable bonds is 9. The van der Waals surface area contributed by atoms with Crippen molar-refractivity contribution < 1.29 is 9.84 Å². The Hall–Kier alpha value is -1.37. The van der Waals surface area contributed by atoms with Gasteiger partial charge < -0.3 is 15.2 Å². The molecule has 106 valence electrons. The zero-order valence-corrected chi connectivity index (χ0v) is 11.4. The van der Waals surface area contributed by atoms with Crippen LogP contribution in [0.5, 0.6) is 0 Å². The Bertz CT molecular complexity index is 462. The molecule has 0 spiro atoms. The van der Waals surface area contributed by atoms with E-state index in [0.717, 1.165) is 6.42 Å². The summed E-state index contributed by atoms with van der Waals surface area (Å²) in [5, 5.41) is 15.6. The van der Waals surface area contributed by atoms with Crippen molar-refractivity contribution in [2.75, 3.05) is 31.7 Å². The topological polar surface area (TPSA) is 76.4 Å². The van der Waals surface area contributed by atoms with Crippen LogP contribution in [0.25, 0.3) is 0 Å². The minimum Gasteiger partial charge on any atom is -0.394 e. The minimum absolute atomic E-state index is 0.0186. The van der Waals surface area contributed by atoms with E-state index in [1.165, 1.54) is 10.9 Å². The number of aromatic nitrogens is 2. The number of anilines is 1. The van der Waals surface area contributed by atoms with Crippen LogP contribution in [0.15, 0.2) is 23.6 Å². The van der Waals surface area contributed by atoms with E-state index < -0.39 is 0 Å². The molecule has 0 fully saturated rings. The lowest BCUT2D eigenvalue weighted by Crippen LogP contribution is -2.24. The third-order valence-electron chi connectivity index (χ3n) is 2.30. The predicted octanol–water partition coefficient (Wildman–Crippen LogP) is 0.894. The molecule has 1 aromatic rings. The van der Waals surface area contributed by atoms with Gasteiger partial charge in [-0.15, -0.1) is 6.58 Å². The first-order valence-electron chi connectivity index (χ1n) is 5.99. The van der Waals surface area contributed by atoms with E-state index in [-0.39, 0.29) is 17.2 Å². The van der Waals surface area contributed by atoms with Crippen LogP contribution in [0.1, 0.15) is 6.42 Å². The highest BCUT2D eigenvalue weighted by molar-refractivity contribution is 6.32. The van der Waals surface area contributed by atoms with Crippen molar-refractivity contribution in [2.24, 2.45) is 0 Å². The standard InChI is InChI=1S/C12H18ClN3O3/c1-2-5-16-12(18)11(13)10(9-15-16)14-4-3-7-19-8-6-17/h2,9,14,17H,1,3-8H2. The van der Waals surface area contributed by atoms with E-state index in [1.54, 1.807) is 6.08 Å². The average molecular weight is 288 g/mol. The van der Waals surface area contributed by atoms with Crippen molar-refractivity contribution in [3.63, 3.8) is 0 Å². The Morgan fingerprint density at radius 1 is 1.58 bits per heavy atom. The van der Waals surface area contributed by atoms with Gasteiger partial charge in [0.2, 0.25) is 0 Å². The summed E-state index contributed by atoms with van der Waals surface area (Å²) in [5.41, 5.74) is 0.164. The predicted molar refractivity (Wildman–Crippen MR) is 74.7 cm³/mol. The molecule has 0 radical (unpaired) electrons. The second-order valence-electron chi connectivity index (χ2n) is 3.76. The molecule has 0 atom stereocenters. The number of allylic oxidation sites excluding steroid dienone is 1. The second kappa shape index (κ2) is 8.68. The summed E-state index contributed by atoms with van der Waals surface area (Å²) < 4.78 is 6.35. The fraction of sp³-hybridized carbons (Fsp3) is 0.500. The van der Waals surface area contributed by atoms with Gasteiger partial charge in [-0.2, -0.15) is 5.10 Å². The van der Waals surface area contributed by atoms with Gasteiger partial charge in [-0.05, 0) is 6.42 Å². The van der Waals surface area contributed by atoms with E-state index in [0.29, 0.717) is 32.0 Å². The van der Waals surface area contributed by atoms with E-state index in [2.05, 4.69) is 17.0 Å². The maximum atomic E-state index is 11.8. The summed E-state index contributed by atoms with van der Waals surface area (Å²) in [4.78, 5) is 11.8. The van der Waals surface area contributed by atoms with Crippen molar-refractivity contribution in [1.29, 1.82) is 0 Å². The largest absolute Gasteiger partial charge is 0.394 e. The molecule has 0 saturated carbocycles. The lowest BCUT2D eigenvalue weighted by molar-refractivity contribution is 0.0922. The van der Waals surface area contributed by atoms with E-state index in [1.807, 2.05) is 0 Å². The number of halogens is 1. The Morgan fingerprint density at radius 3 is 3.05 bits per heavy atom. The number of hydrogen-bond donors (Lipinski definition) is 2. The van der Waals surface area contributed by atoms with Crippen LogP contribution in [-0.4, -0.2) is 41.3 Å². The van der Waals surface area contributed by atoms with Gasteiger partial charge in [0.15, 0.2) is 0 Å². The van der Waals surface area contributed by atoms with E-state index in [9.17, 15) is 4.79 Å². The SMILES string of the molecule is C=CCn1ncc(NCCCOCCO)c(Cl)c1=O. The smallest absolute Gasteiger partial charge is 0.287 e. The molecule has 0 aliphatic heterocycles. The van der Waals surface area contributed by atoms with Crippen LogP contribution in [0.3, 0.4) is 0 Å². The highest BCUT2D eigenvalue weighted by Gasteiger charge is 2.07. The minimum atomic E-state index is -0.344. The Labute approximate surface area is 116 Å². The summed E-state index contributed by atoms with van der Waals surface area (Å²) in [6.07, 6.45) is 3.84. The van der Waals surface area contributed by atoms with Crippen LogP contribution < -0.4 is 10.9 Å². The first kappa shape index (κ1) is 15.7. The summed E-state index contributed by atoms with van der Waals surface area (Å²) in [5.74, 6) is 0. The molecule has 6 nitrogen and oxygen atoms in total. The van der Waals surface area contributed by atoms with Gasteiger partial charge >= 0.3 is 0 Å². The molecule has 0 saturated heterocycles. The molecule has 0 amide bonds. The number of aliphatic hydroxyl groups is 1. The lowest BCUT2D eigenvalue weighted by Gasteiger charge is -2.09. The lowest BCUT2D eigenvalue weighted by atomic mass is 10.4. The molecular weight excluding hydrogens is 270 g/mol. The number of hydrogen-bond acceptors (Lipinski definition) is 5. The maximum absolute atomic E-state index is 11.8. The van der Waals surface area contributed by atoms with Crippen molar-refractivity contribution in [3.05, 3.63) is 34.2 Å². The van der Waals surface area contributed by atoms with Crippen LogP contribution in [0.2, 0.25) is 5.02 Å². The molecular formula is C12H18ClN3O3. The summed E-state index contributed by atoms with van der Waals surface area (Å²) in [6, 6.07) is 0. The van der Waals surface area contributed by atoms with Crippen LogP contribution >= 0.6 is 11.6 Å². The van der Waals surface area contributed by atoms with Gasteiger partial charge in [-0.3, -0.25) is 4.79 Å². The first-order chi connectivity index (χ1) is 9.20. The fourth-order valence-corrected chi connectivity index (χ4v) is 1.62. The summed E-state index contributed by atoms with van der Waals surface area (Å²) >= 11 is 5.96. The normalized spacial score (nSPS) is 10.4. The highest BCUT2D eigenvalue weighted by atomic mass is 35.5. The van der Waals surface area contributed by atoms with Crippen molar-refractivity contribution in [1.82, 2.24) is 9.78 Å². The molecule has 0 bridgehead atoms. The van der Waals surface area contributed by atoms with Crippen molar-refractivity contribution in [2.45, 2.75) is 13.0 Å².